The zero-order valence-corrected chi connectivity index (χ0v) is 29.1. The average Bonchev–Trinajstić information content (AvgIpc) is 3.53. The van der Waals surface area contributed by atoms with Crippen molar-refractivity contribution >= 4 is 26.5 Å². The Balaban J connectivity index is 1.44. The molecule has 1 amide bonds. The summed E-state index contributed by atoms with van der Waals surface area (Å²) in [5, 5.41) is 4.90. The van der Waals surface area contributed by atoms with E-state index in [0.29, 0.717) is 18.9 Å². The van der Waals surface area contributed by atoms with E-state index in [1.165, 1.54) is 89.9 Å². The lowest BCUT2D eigenvalue weighted by molar-refractivity contribution is -0.0151. The summed E-state index contributed by atoms with van der Waals surface area (Å²) in [4.78, 5) is 24.6. The minimum atomic E-state index is -2.15. The maximum absolute atomic E-state index is 12.1. The van der Waals surface area contributed by atoms with Gasteiger partial charge in [-0.3, -0.25) is 4.52 Å². The van der Waals surface area contributed by atoms with Crippen LogP contribution < -0.4 is 9.84 Å². The number of carbonyl (C=O) groups excluding carboxylic acids is 1. The molecule has 1 aromatic carbocycles. The van der Waals surface area contributed by atoms with Gasteiger partial charge in [-0.15, -0.1) is 11.8 Å². The molecule has 1 heterocycles. The fraction of sp³-hybridized carbons (Fsp3) is 0.735. The van der Waals surface area contributed by atoms with Crippen LogP contribution in [0.3, 0.4) is 0 Å². The summed E-state index contributed by atoms with van der Waals surface area (Å²) < 4.78 is 22.1. The van der Waals surface area contributed by atoms with Gasteiger partial charge in [0.1, 0.15) is 18.5 Å². The summed E-state index contributed by atoms with van der Waals surface area (Å²) in [7, 11) is -2.15. The number of hydrogen-bond donors (Lipinski definition) is 2. The zero-order chi connectivity index (χ0) is 31.5. The Hall–Kier alpha value is -1.51. The number of carbonyl (C=O) groups is 1. The number of nitrogens with one attached hydrogen (secondary N) is 1. The minimum Gasteiger partial charge on any atom is -0.447 e. The Labute approximate surface area is 273 Å². The maximum atomic E-state index is 12.1. The number of alkyl carbamates (subject to hydrolysis) is 1. The molecule has 8 nitrogen and oxygen atoms in total. The third kappa shape index (κ3) is 20.5. The van der Waals surface area contributed by atoms with Crippen molar-refractivity contribution in [3.05, 3.63) is 41.4 Å². The molecule has 0 aromatic heterocycles. The van der Waals surface area contributed by atoms with E-state index < -0.39 is 20.8 Å². The molecule has 0 saturated heterocycles. The third-order valence-electron chi connectivity index (χ3n) is 7.55. The van der Waals surface area contributed by atoms with Crippen LogP contribution in [0, 0.1) is 0 Å². The van der Waals surface area contributed by atoms with Crippen molar-refractivity contribution in [3.63, 3.8) is 0 Å². The summed E-state index contributed by atoms with van der Waals surface area (Å²) in [5.41, 5.74) is 1.09. The summed E-state index contributed by atoms with van der Waals surface area (Å²) in [6.45, 7) is 6.05. The number of nitrogens with zero attached hydrogens (tertiary/aromatic N) is 1. The molecular formula is C34H59N2O6PS. The highest BCUT2D eigenvalue weighted by Gasteiger charge is 2.18. The van der Waals surface area contributed by atoms with Crippen LogP contribution in [-0.4, -0.2) is 54.2 Å². The fourth-order valence-corrected chi connectivity index (χ4v) is 6.42. The standard InChI is InChI=1S/C34H59N2O6PS/c1-3-5-6-7-8-9-10-11-12-13-14-15-16-17-18-19-23-35-34(37)40-28-33(39-4-2)29-41-43(38)42-32-22-20-21-31(26-32)27-36-24-25-44-30-36/h20-22,24-26,33,38H,3-19,23,27-30H2,1-2H3,(H,35,37). The average molecular weight is 655 g/mol. The monoisotopic (exact) mass is 654 g/mol. The van der Waals surface area contributed by atoms with E-state index in [1.807, 2.05) is 25.1 Å². The minimum absolute atomic E-state index is 0.0403. The topological polar surface area (TPSA) is 89.5 Å². The van der Waals surface area contributed by atoms with E-state index in [1.54, 1.807) is 17.8 Å². The fourth-order valence-electron chi connectivity index (χ4n) is 5.07. The predicted octanol–water partition coefficient (Wildman–Crippen LogP) is 9.67. The summed E-state index contributed by atoms with van der Waals surface area (Å²) >= 11 is 1.76. The van der Waals surface area contributed by atoms with Crippen LogP contribution in [0.15, 0.2) is 35.9 Å². The van der Waals surface area contributed by atoms with Gasteiger partial charge in [-0.2, -0.15) is 0 Å². The number of rotatable bonds is 28. The molecular weight excluding hydrogens is 595 g/mol. The SMILES string of the molecule is CCCCCCCCCCCCCCCCCCNC(=O)OCC(COP(O)Oc1cccc(CN2C=CSC2)c1)OCC. The number of hydrogen-bond acceptors (Lipinski definition) is 8. The molecule has 0 spiro atoms. The molecule has 2 N–H and O–H groups in total. The largest absolute Gasteiger partial charge is 0.447 e. The first-order chi connectivity index (χ1) is 21.6. The Bertz CT molecular complexity index is 880. The van der Waals surface area contributed by atoms with Crippen LogP contribution in [0.5, 0.6) is 5.75 Å². The van der Waals surface area contributed by atoms with Gasteiger partial charge in [0.15, 0.2) is 0 Å². The molecule has 10 heteroatoms. The molecule has 2 atom stereocenters. The first-order valence-electron chi connectivity index (χ1n) is 17.0. The van der Waals surface area contributed by atoms with Gasteiger partial charge in [0.05, 0.1) is 12.5 Å². The number of ether oxygens (including phenoxy) is 2. The van der Waals surface area contributed by atoms with Crippen molar-refractivity contribution in [1.82, 2.24) is 10.2 Å². The first kappa shape index (κ1) is 38.7. The second-order valence-electron chi connectivity index (χ2n) is 11.5. The molecule has 1 aliphatic heterocycles. The second kappa shape index (κ2) is 26.7. The number of unbranched alkanes of at least 4 members (excludes halogenated alkanes) is 15. The normalized spacial score (nSPS) is 14.1. The molecule has 1 aromatic rings. The van der Waals surface area contributed by atoms with Gasteiger partial charge < -0.3 is 29.1 Å². The lowest BCUT2D eigenvalue weighted by atomic mass is 10.0. The van der Waals surface area contributed by atoms with Crippen molar-refractivity contribution in [1.29, 1.82) is 0 Å². The molecule has 1 aliphatic rings. The predicted molar refractivity (Wildman–Crippen MR) is 184 cm³/mol. The highest BCUT2D eigenvalue weighted by atomic mass is 32.2. The Kier molecular flexibility index (Phi) is 23.5. The van der Waals surface area contributed by atoms with E-state index in [0.717, 1.165) is 30.8 Å². The molecule has 0 radical (unpaired) electrons. The van der Waals surface area contributed by atoms with E-state index in [4.69, 9.17) is 18.5 Å². The molecule has 0 fully saturated rings. The van der Waals surface area contributed by atoms with Crippen LogP contribution in [0.2, 0.25) is 0 Å². The third-order valence-corrected chi connectivity index (χ3v) is 9.08. The number of thioether (sulfide) groups is 1. The van der Waals surface area contributed by atoms with Crippen molar-refractivity contribution in [2.24, 2.45) is 0 Å². The molecule has 2 unspecified atom stereocenters. The van der Waals surface area contributed by atoms with Crippen molar-refractivity contribution in [2.45, 2.75) is 129 Å². The molecule has 0 saturated carbocycles. The van der Waals surface area contributed by atoms with Gasteiger partial charge >= 0.3 is 14.7 Å². The van der Waals surface area contributed by atoms with E-state index in [-0.39, 0.29) is 13.2 Å². The van der Waals surface area contributed by atoms with Crippen LogP contribution in [0.25, 0.3) is 0 Å². The van der Waals surface area contributed by atoms with Crippen molar-refractivity contribution in [2.75, 3.05) is 32.2 Å². The van der Waals surface area contributed by atoms with Crippen LogP contribution in [0.1, 0.15) is 122 Å². The lowest BCUT2D eigenvalue weighted by Crippen LogP contribution is -2.31. The Morgan fingerprint density at radius 3 is 2.16 bits per heavy atom. The lowest BCUT2D eigenvalue weighted by Gasteiger charge is -2.19. The smallest absolute Gasteiger partial charge is 0.407 e. The van der Waals surface area contributed by atoms with Gasteiger partial charge in [-0.25, -0.2) is 4.79 Å². The molecule has 252 valence electrons. The molecule has 0 aliphatic carbocycles. The summed E-state index contributed by atoms with van der Waals surface area (Å²) in [6.07, 6.45) is 22.3. The van der Waals surface area contributed by atoms with E-state index in [2.05, 4.69) is 28.7 Å². The van der Waals surface area contributed by atoms with Crippen molar-refractivity contribution < 1.29 is 28.2 Å². The summed E-state index contributed by atoms with van der Waals surface area (Å²) in [6, 6.07) is 7.62. The number of amides is 1. The van der Waals surface area contributed by atoms with Crippen molar-refractivity contribution in [3.8, 4) is 5.75 Å². The molecule has 44 heavy (non-hydrogen) atoms. The van der Waals surface area contributed by atoms with Gasteiger partial charge in [-0.1, -0.05) is 115 Å². The number of benzene rings is 1. The highest BCUT2D eigenvalue weighted by Crippen LogP contribution is 2.35. The zero-order valence-electron chi connectivity index (χ0n) is 27.4. The van der Waals surface area contributed by atoms with E-state index in [9.17, 15) is 9.69 Å². The summed E-state index contributed by atoms with van der Waals surface area (Å²) in [5.74, 6) is 1.48. The Morgan fingerprint density at radius 1 is 0.932 bits per heavy atom. The molecule has 2 rings (SSSR count). The van der Waals surface area contributed by atoms with Crippen LogP contribution in [-0.2, 0) is 20.5 Å². The van der Waals surface area contributed by atoms with Crippen LogP contribution >= 0.6 is 20.4 Å². The Morgan fingerprint density at radius 2 is 1.57 bits per heavy atom. The molecule has 0 bridgehead atoms. The maximum Gasteiger partial charge on any atom is 0.407 e. The van der Waals surface area contributed by atoms with Gasteiger partial charge in [0, 0.05) is 25.9 Å². The van der Waals surface area contributed by atoms with Gasteiger partial charge in [0.2, 0.25) is 0 Å². The second-order valence-corrected chi connectivity index (χ2v) is 13.3. The first-order valence-corrected chi connectivity index (χ1v) is 19.2. The van der Waals surface area contributed by atoms with Gasteiger partial charge in [-0.05, 0) is 36.4 Å². The highest BCUT2D eigenvalue weighted by molar-refractivity contribution is 8.02. The van der Waals surface area contributed by atoms with Gasteiger partial charge in [0.25, 0.3) is 0 Å². The van der Waals surface area contributed by atoms with Crippen LogP contribution in [0.4, 0.5) is 4.79 Å². The van der Waals surface area contributed by atoms with E-state index >= 15 is 0 Å². The quantitative estimate of drug-likeness (QED) is 0.0682.